The fourth-order valence-corrected chi connectivity index (χ4v) is 6.79. The van der Waals surface area contributed by atoms with E-state index in [1.807, 2.05) is 6.92 Å². The second kappa shape index (κ2) is 13.3. The van der Waals surface area contributed by atoms with Crippen molar-refractivity contribution in [1.82, 2.24) is 15.5 Å². The maximum absolute atomic E-state index is 15.9. The van der Waals surface area contributed by atoms with Gasteiger partial charge in [-0.2, -0.15) is 0 Å². The van der Waals surface area contributed by atoms with E-state index in [0.717, 1.165) is 12.8 Å². The zero-order chi connectivity index (χ0) is 31.6. The van der Waals surface area contributed by atoms with Crippen LogP contribution in [0.5, 0.6) is 5.75 Å². The lowest BCUT2D eigenvalue weighted by molar-refractivity contribution is -0.134. The third-order valence-electron chi connectivity index (χ3n) is 9.37. The minimum Gasteiger partial charge on any atom is -0.493 e. The van der Waals surface area contributed by atoms with Crippen molar-refractivity contribution < 1.29 is 37.8 Å². The summed E-state index contributed by atoms with van der Waals surface area (Å²) in [5.74, 6) is -2.69. The first-order chi connectivity index (χ1) is 21.0. The van der Waals surface area contributed by atoms with E-state index in [9.17, 15) is 19.2 Å². The number of hydrogen-bond donors (Lipinski definition) is 2. The maximum atomic E-state index is 15.9. The number of carbonyl (C=O) groups excluding carboxylic acids is 4. The van der Waals surface area contributed by atoms with E-state index in [4.69, 9.17) is 14.2 Å². The predicted molar refractivity (Wildman–Crippen MR) is 160 cm³/mol. The average molecular weight is 617 g/mol. The predicted octanol–water partition coefficient (Wildman–Crippen LogP) is 3.18. The van der Waals surface area contributed by atoms with Crippen molar-refractivity contribution in [1.29, 1.82) is 0 Å². The Kier molecular flexibility index (Phi) is 9.67. The molecule has 3 unspecified atom stereocenters. The average Bonchev–Trinajstić information content (AvgIpc) is 3.82. The van der Waals surface area contributed by atoms with Gasteiger partial charge in [0.05, 0.1) is 24.1 Å². The van der Waals surface area contributed by atoms with Gasteiger partial charge in [0.2, 0.25) is 17.7 Å². The molecule has 1 aliphatic carbocycles. The highest BCUT2D eigenvalue weighted by molar-refractivity contribution is 5.98. The molecule has 1 aromatic carbocycles. The zero-order valence-electron chi connectivity index (χ0n) is 26.2. The van der Waals surface area contributed by atoms with Gasteiger partial charge in [-0.25, -0.2) is 9.18 Å². The Bertz CT molecular complexity index is 1270. The van der Waals surface area contributed by atoms with Crippen molar-refractivity contribution >= 4 is 29.5 Å². The molecule has 1 aromatic rings. The molecule has 5 atom stereocenters. The molecular weight excluding hydrogens is 571 g/mol. The van der Waals surface area contributed by atoms with E-state index in [1.54, 1.807) is 27.0 Å². The normalized spacial score (nSPS) is 28.3. The Morgan fingerprint density at radius 2 is 1.95 bits per heavy atom. The Morgan fingerprint density at radius 3 is 2.70 bits per heavy atom. The van der Waals surface area contributed by atoms with Crippen LogP contribution in [0.3, 0.4) is 0 Å². The topological polar surface area (TPSA) is 127 Å². The standard InChI is InChI=1S/C32H45FN4O7/c1-5-19-14-23(33)26(16-27(19)43-12-8-11-42-4)37-25-15-22(25)32(2,3)44-31(41)36-17-20(13-21(18-36)30(37)40)28(38)35-24-9-6-7-10-34-29(24)39/h14,16,20-22,24-25H,5-13,15,17-18H2,1-4H3,(H,34,39)(H,35,38)/t20-,21+,22?,24?,25?/m0/s1. The highest BCUT2D eigenvalue weighted by Gasteiger charge is 2.57. The van der Waals surface area contributed by atoms with Crippen LogP contribution in [-0.2, 0) is 30.3 Å². The van der Waals surface area contributed by atoms with Crippen LogP contribution in [0.2, 0.25) is 0 Å². The minimum absolute atomic E-state index is 0.0460. The van der Waals surface area contributed by atoms with Crippen LogP contribution in [-0.4, -0.2) is 86.4 Å². The number of anilines is 1. The number of nitrogens with one attached hydrogen (secondary N) is 2. The van der Waals surface area contributed by atoms with Crippen molar-refractivity contribution in [2.24, 2.45) is 17.8 Å². The SMILES string of the molecule is CCc1cc(F)c(N2C(=O)[C@@H]3C[C@H](C(=O)NC4CCCCNC4=O)CN(C3)C(=O)OC(C)(C)C3CC32)cc1OCCCOC. The molecule has 11 nitrogen and oxygen atoms in total. The molecule has 4 amide bonds. The quantitative estimate of drug-likeness (QED) is 0.408. The molecule has 2 N–H and O–H groups in total. The van der Waals surface area contributed by atoms with Crippen molar-refractivity contribution in [2.75, 3.05) is 44.9 Å². The fraction of sp³-hybridized carbons (Fsp3) is 0.688. The van der Waals surface area contributed by atoms with Gasteiger partial charge in [-0.05, 0) is 64.0 Å². The van der Waals surface area contributed by atoms with Gasteiger partial charge >= 0.3 is 6.09 Å². The van der Waals surface area contributed by atoms with Crippen LogP contribution in [0.25, 0.3) is 0 Å². The van der Waals surface area contributed by atoms with Crippen LogP contribution in [0, 0.1) is 23.6 Å². The summed E-state index contributed by atoms with van der Waals surface area (Å²) in [6.07, 6.45) is 3.47. The molecule has 1 saturated carbocycles. The number of amides is 4. The zero-order valence-corrected chi connectivity index (χ0v) is 26.2. The summed E-state index contributed by atoms with van der Waals surface area (Å²) >= 11 is 0. The number of hydrogen-bond acceptors (Lipinski definition) is 7. The summed E-state index contributed by atoms with van der Waals surface area (Å²) in [5, 5.41) is 5.67. The lowest BCUT2D eigenvalue weighted by Gasteiger charge is -2.41. The summed E-state index contributed by atoms with van der Waals surface area (Å²) in [4.78, 5) is 56.7. The van der Waals surface area contributed by atoms with Crippen LogP contribution in [0.15, 0.2) is 12.1 Å². The summed E-state index contributed by atoms with van der Waals surface area (Å²) < 4.78 is 33.0. The molecule has 3 saturated heterocycles. The lowest BCUT2D eigenvalue weighted by Crippen LogP contribution is -2.57. The molecule has 44 heavy (non-hydrogen) atoms. The van der Waals surface area contributed by atoms with E-state index in [-0.39, 0.29) is 54.9 Å². The molecule has 5 rings (SSSR count). The number of ether oxygens (including phenoxy) is 3. The van der Waals surface area contributed by atoms with Gasteiger partial charge in [-0.15, -0.1) is 0 Å². The molecule has 4 aliphatic rings. The van der Waals surface area contributed by atoms with Gasteiger partial charge < -0.3 is 34.6 Å². The molecule has 3 aliphatic heterocycles. The summed E-state index contributed by atoms with van der Waals surface area (Å²) in [6.45, 7) is 7.09. The lowest BCUT2D eigenvalue weighted by atomic mass is 9.86. The monoisotopic (exact) mass is 616 g/mol. The Labute approximate surface area is 258 Å². The molecule has 0 aromatic heterocycles. The Hall–Kier alpha value is -3.41. The smallest absolute Gasteiger partial charge is 0.410 e. The highest BCUT2D eigenvalue weighted by Crippen LogP contribution is 2.49. The second-order valence-electron chi connectivity index (χ2n) is 12.9. The van der Waals surface area contributed by atoms with E-state index in [2.05, 4.69) is 10.6 Å². The number of rotatable bonds is 9. The van der Waals surface area contributed by atoms with E-state index >= 15 is 4.39 Å². The maximum Gasteiger partial charge on any atom is 0.410 e. The molecule has 0 spiro atoms. The number of fused-ring (bicyclic) bond motifs is 3. The van der Waals surface area contributed by atoms with Gasteiger partial charge in [0, 0.05) is 57.8 Å². The third kappa shape index (κ3) is 6.79. The summed E-state index contributed by atoms with van der Waals surface area (Å²) in [7, 11) is 1.62. The Morgan fingerprint density at radius 1 is 1.16 bits per heavy atom. The molecule has 12 heteroatoms. The Balaban J connectivity index is 1.45. The van der Waals surface area contributed by atoms with Gasteiger partial charge in [-0.1, -0.05) is 6.92 Å². The van der Waals surface area contributed by atoms with Crippen LogP contribution in [0.1, 0.15) is 64.9 Å². The van der Waals surface area contributed by atoms with Crippen LogP contribution >= 0.6 is 0 Å². The van der Waals surface area contributed by atoms with Gasteiger partial charge in [-0.3, -0.25) is 14.4 Å². The van der Waals surface area contributed by atoms with Gasteiger partial charge in [0.1, 0.15) is 23.2 Å². The van der Waals surface area contributed by atoms with Crippen molar-refractivity contribution in [3.8, 4) is 5.75 Å². The van der Waals surface area contributed by atoms with E-state index in [0.29, 0.717) is 56.8 Å². The molecule has 3 heterocycles. The first-order valence-electron chi connectivity index (χ1n) is 15.9. The number of halogens is 1. The first kappa shape index (κ1) is 32.0. The number of methoxy groups -OCH3 is 1. The van der Waals surface area contributed by atoms with Crippen LogP contribution in [0.4, 0.5) is 14.9 Å². The van der Waals surface area contributed by atoms with E-state index < -0.39 is 35.4 Å². The third-order valence-corrected chi connectivity index (χ3v) is 9.37. The summed E-state index contributed by atoms with van der Waals surface area (Å²) in [5.41, 5.74) is -0.112. The van der Waals surface area contributed by atoms with Gasteiger partial charge in [0.15, 0.2) is 0 Å². The van der Waals surface area contributed by atoms with Crippen molar-refractivity contribution in [3.63, 3.8) is 0 Å². The number of aryl methyl sites for hydroxylation is 1. The highest BCUT2D eigenvalue weighted by atomic mass is 19.1. The summed E-state index contributed by atoms with van der Waals surface area (Å²) in [6, 6.07) is 1.98. The second-order valence-corrected chi connectivity index (χ2v) is 12.9. The number of benzene rings is 1. The molecule has 0 radical (unpaired) electrons. The number of nitrogens with zero attached hydrogens (tertiary/aromatic N) is 2. The number of cyclic esters (lactones) is 1. The largest absolute Gasteiger partial charge is 0.493 e. The van der Waals surface area contributed by atoms with Crippen molar-refractivity contribution in [2.45, 2.75) is 83.4 Å². The fourth-order valence-electron chi connectivity index (χ4n) is 6.79. The minimum atomic E-state index is -0.930. The number of carbonyl (C=O) groups is 4. The van der Waals surface area contributed by atoms with E-state index in [1.165, 1.54) is 15.9 Å². The molecule has 242 valence electrons. The van der Waals surface area contributed by atoms with Crippen molar-refractivity contribution in [3.05, 3.63) is 23.5 Å². The number of piperidine rings is 1. The first-order valence-corrected chi connectivity index (χ1v) is 15.9. The van der Waals surface area contributed by atoms with Crippen LogP contribution < -0.4 is 20.3 Å². The van der Waals surface area contributed by atoms with Gasteiger partial charge in [0.25, 0.3) is 0 Å². The molecule has 4 fully saturated rings. The molecule has 2 bridgehead atoms. The molecular formula is C32H45FN4O7.